The Bertz CT molecular complexity index is 990. The largest absolute Gasteiger partial charge is 0.477 e. The van der Waals surface area contributed by atoms with E-state index in [0.717, 1.165) is 33.6 Å². The Morgan fingerprint density at radius 2 is 2.00 bits per heavy atom. The van der Waals surface area contributed by atoms with Crippen molar-refractivity contribution in [1.29, 1.82) is 0 Å². The maximum absolute atomic E-state index is 11.6. The number of benzene rings is 1. The highest BCUT2D eigenvalue weighted by Gasteiger charge is 2.22. The van der Waals surface area contributed by atoms with Crippen LogP contribution in [0.25, 0.3) is 16.8 Å². The molecule has 0 unspecified atom stereocenters. The Hall–Kier alpha value is -2.73. The Morgan fingerprint density at radius 1 is 1.27 bits per heavy atom. The molecule has 2 heterocycles. The lowest BCUT2D eigenvalue weighted by Gasteiger charge is -2.13. The second kappa shape index (κ2) is 6.88. The number of hydrogen-bond donors (Lipinski definition) is 1. The fourth-order valence-corrected chi connectivity index (χ4v) is 3.32. The molecule has 0 saturated carbocycles. The normalized spacial score (nSPS) is 11.5. The Morgan fingerprint density at radius 3 is 2.62 bits per heavy atom. The molecule has 0 spiro atoms. The van der Waals surface area contributed by atoms with Gasteiger partial charge in [0.2, 0.25) is 0 Å². The fraction of sp³-hybridized carbons (Fsp3) is 0.350. The predicted molar refractivity (Wildman–Crippen MR) is 99.7 cm³/mol. The molecule has 26 heavy (non-hydrogen) atoms. The van der Waals surface area contributed by atoms with E-state index in [-0.39, 0.29) is 11.6 Å². The highest BCUT2D eigenvalue weighted by atomic mass is 16.5. The number of carbonyl (C=O) groups is 1. The molecule has 6 heteroatoms. The Kier molecular flexibility index (Phi) is 4.78. The number of carboxylic acid groups (broad SMARTS) is 1. The first-order chi connectivity index (χ1) is 12.3. The van der Waals surface area contributed by atoms with Gasteiger partial charge in [0.15, 0.2) is 11.3 Å². The van der Waals surface area contributed by atoms with E-state index in [1.807, 2.05) is 45.9 Å². The summed E-state index contributed by atoms with van der Waals surface area (Å²) in [6, 6.07) is 7.63. The molecule has 3 aromatic rings. The third-order valence-corrected chi connectivity index (χ3v) is 4.51. The van der Waals surface area contributed by atoms with Crippen molar-refractivity contribution in [2.45, 2.75) is 40.2 Å². The number of nitrogens with zero attached hydrogens (tertiary/aromatic N) is 3. The summed E-state index contributed by atoms with van der Waals surface area (Å²) in [6.07, 6.45) is 0. The summed E-state index contributed by atoms with van der Waals surface area (Å²) in [6.45, 7) is 8.45. The van der Waals surface area contributed by atoms with Crippen molar-refractivity contribution in [2.75, 3.05) is 7.11 Å². The standard InChI is InChI=1S/C20H23N3O3/c1-11(2)16-9-15(20(24)25)21-19-18(13(4)22-23(16)19)17-12(3)7-6-8-14(17)10-26-5/h6-9,11H,10H2,1-5H3,(H,24,25). The van der Waals surface area contributed by atoms with Crippen molar-refractivity contribution in [3.05, 3.63) is 52.5 Å². The van der Waals surface area contributed by atoms with Crippen LogP contribution in [0.15, 0.2) is 24.3 Å². The number of carboxylic acids is 1. The van der Waals surface area contributed by atoms with Crippen LogP contribution >= 0.6 is 0 Å². The smallest absolute Gasteiger partial charge is 0.354 e. The van der Waals surface area contributed by atoms with Gasteiger partial charge >= 0.3 is 5.97 Å². The molecule has 0 saturated heterocycles. The molecule has 136 valence electrons. The van der Waals surface area contributed by atoms with Gasteiger partial charge in [0, 0.05) is 12.8 Å². The summed E-state index contributed by atoms with van der Waals surface area (Å²) in [5.41, 5.74) is 6.20. The Labute approximate surface area is 152 Å². The van der Waals surface area contributed by atoms with Crippen molar-refractivity contribution in [3.63, 3.8) is 0 Å². The average Bonchev–Trinajstić information content (AvgIpc) is 2.90. The molecule has 0 bridgehead atoms. The first-order valence-corrected chi connectivity index (χ1v) is 8.56. The van der Waals surface area contributed by atoms with Crippen LogP contribution in [0.4, 0.5) is 0 Å². The van der Waals surface area contributed by atoms with Crippen LogP contribution in [-0.2, 0) is 11.3 Å². The molecule has 0 radical (unpaired) electrons. The van der Waals surface area contributed by atoms with Crippen molar-refractivity contribution >= 4 is 11.6 Å². The molecule has 2 aromatic heterocycles. The number of aryl methyl sites for hydroxylation is 2. The number of ether oxygens (including phenoxy) is 1. The summed E-state index contributed by atoms with van der Waals surface area (Å²) < 4.78 is 7.12. The Balaban J connectivity index is 2.42. The van der Waals surface area contributed by atoms with Gasteiger partial charge in [-0.05, 0) is 42.5 Å². The number of rotatable bonds is 5. The topological polar surface area (TPSA) is 76.7 Å². The van der Waals surface area contributed by atoms with Gasteiger partial charge in [0.25, 0.3) is 0 Å². The summed E-state index contributed by atoms with van der Waals surface area (Å²) in [4.78, 5) is 16.0. The number of fused-ring (bicyclic) bond motifs is 1. The molecule has 0 amide bonds. The van der Waals surface area contributed by atoms with E-state index in [2.05, 4.69) is 10.1 Å². The first-order valence-electron chi connectivity index (χ1n) is 8.56. The van der Waals surface area contributed by atoms with E-state index in [9.17, 15) is 9.90 Å². The van der Waals surface area contributed by atoms with Crippen LogP contribution in [0.3, 0.4) is 0 Å². The van der Waals surface area contributed by atoms with E-state index >= 15 is 0 Å². The number of methoxy groups -OCH3 is 1. The van der Waals surface area contributed by atoms with Crippen LogP contribution in [0, 0.1) is 13.8 Å². The zero-order valence-electron chi connectivity index (χ0n) is 15.7. The molecule has 3 rings (SSSR count). The minimum atomic E-state index is -1.04. The highest BCUT2D eigenvalue weighted by molar-refractivity contribution is 5.89. The zero-order valence-corrected chi connectivity index (χ0v) is 15.7. The van der Waals surface area contributed by atoms with Gasteiger partial charge in [0.1, 0.15) is 0 Å². The lowest BCUT2D eigenvalue weighted by Crippen LogP contribution is -2.09. The van der Waals surface area contributed by atoms with E-state index < -0.39 is 5.97 Å². The van der Waals surface area contributed by atoms with Crippen LogP contribution in [0.1, 0.15) is 52.8 Å². The summed E-state index contributed by atoms with van der Waals surface area (Å²) in [5, 5.41) is 14.2. The lowest BCUT2D eigenvalue weighted by atomic mass is 9.95. The van der Waals surface area contributed by atoms with Gasteiger partial charge in [-0.2, -0.15) is 5.10 Å². The first kappa shape index (κ1) is 18.1. The maximum atomic E-state index is 11.6. The molecule has 6 nitrogen and oxygen atoms in total. The molecule has 1 N–H and O–H groups in total. The molecule has 0 aliphatic heterocycles. The van der Waals surface area contributed by atoms with Gasteiger partial charge in [-0.3, -0.25) is 0 Å². The van der Waals surface area contributed by atoms with Gasteiger partial charge in [-0.25, -0.2) is 14.3 Å². The van der Waals surface area contributed by atoms with E-state index in [1.54, 1.807) is 17.7 Å². The second-order valence-corrected chi connectivity index (χ2v) is 6.76. The van der Waals surface area contributed by atoms with Crippen molar-refractivity contribution < 1.29 is 14.6 Å². The van der Waals surface area contributed by atoms with Crippen LogP contribution in [0.2, 0.25) is 0 Å². The van der Waals surface area contributed by atoms with Gasteiger partial charge in [-0.15, -0.1) is 0 Å². The summed E-state index contributed by atoms with van der Waals surface area (Å²) in [5.74, 6) is -0.929. The van der Waals surface area contributed by atoms with E-state index in [1.165, 1.54) is 0 Å². The molecule has 0 atom stereocenters. The van der Waals surface area contributed by atoms with Crippen molar-refractivity contribution in [3.8, 4) is 11.1 Å². The third kappa shape index (κ3) is 2.97. The van der Waals surface area contributed by atoms with Crippen LogP contribution in [0.5, 0.6) is 0 Å². The van der Waals surface area contributed by atoms with Gasteiger partial charge in [-0.1, -0.05) is 32.0 Å². The number of aromatic nitrogens is 3. The molecular formula is C20H23N3O3. The highest BCUT2D eigenvalue weighted by Crippen LogP contribution is 2.34. The van der Waals surface area contributed by atoms with E-state index in [0.29, 0.717) is 12.3 Å². The minimum absolute atomic E-state index is 0.0317. The average molecular weight is 353 g/mol. The molecule has 0 aliphatic carbocycles. The quantitative estimate of drug-likeness (QED) is 0.751. The van der Waals surface area contributed by atoms with Crippen LogP contribution in [-0.4, -0.2) is 32.8 Å². The van der Waals surface area contributed by atoms with Crippen LogP contribution < -0.4 is 0 Å². The lowest BCUT2D eigenvalue weighted by molar-refractivity contribution is 0.0690. The zero-order chi connectivity index (χ0) is 19.0. The summed E-state index contributed by atoms with van der Waals surface area (Å²) >= 11 is 0. The number of hydrogen-bond acceptors (Lipinski definition) is 4. The molecule has 1 aromatic carbocycles. The molecular weight excluding hydrogens is 330 g/mol. The van der Waals surface area contributed by atoms with Crippen molar-refractivity contribution in [1.82, 2.24) is 14.6 Å². The SMILES string of the molecule is COCc1cccc(C)c1-c1c(C)nn2c(C(C)C)cc(C(=O)O)nc12. The van der Waals surface area contributed by atoms with E-state index in [4.69, 9.17) is 4.74 Å². The predicted octanol–water partition coefficient (Wildman–Crippen LogP) is 3.98. The maximum Gasteiger partial charge on any atom is 0.354 e. The van der Waals surface area contributed by atoms with Crippen molar-refractivity contribution in [2.24, 2.45) is 0 Å². The number of aromatic carboxylic acids is 1. The molecule has 0 aliphatic rings. The van der Waals surface area contributed by atoms with Gasteiger partial charge < -0.3 is 9.84 Å². The molecule has 0 fully saturated rings. The van der Waals surface area contributed by atoms with Gasteiger partial charge in [0.05, 0.1) is 17.9 Å². The summed E-state index contributed by atoms with van der Waals surface area (Å²) in [7, 11) is 1.66. The third-order valence-electron chi connectivity index (χ3n) is 4.51. The second-order valence-electron chi connectivity index (χ2n) is 6.76. The monoisotopic (exact) mass is 353 g/mol. The minimum Gasteiger partial charge on any atom is -0.477 e. The fourth-order valence-electron chi connectivity index (χ4n) is 3.32.